The second-order valence-corrected chi connectivity index (χ2v) is 14.7. The van der Waals surface area contributed by atoms with Crippen molar-refractivity contribution in [1.82, 2.24) is 0 Å². The first-order chi connectivity index (χ1) is 23.8. The van der Waals surface area contributed by atoms with Crippen molar-refractivity contribution in [2.75, 3.05) is 26.4 Å². The van der Waals surface area contributed by atoms with Crippen LogP contribution in [0.5, 0.6) is 0 Å². The molecule has 11 heteroatoms. The van der Waals surface area contributed by atoms with E-state index in [1.807, 2.05) is 0 Å². The van der Waals surface area contributed by atoms with Crippen LogP contribution >= 0.6 is 7.82 Å². The third-order valence-electron chi connectivity index (χ3n) is 8.63. The van der Waals surface area contributed by atoms with E-state index in [1.54, 1.807) is 0 Å². The van der Waals surface area contributed by atoms with Gasteiger partial charge in [-0.05, 0) is 12.8 Å². The Kier molecular flexibility index (Phi) is 35.1. The molecule has 49 heavy (non-hydrogen) atoms. The maximum Gasteiger partial charge on any atom is 0.306 e. The number of isocyanates is 1. The number of hydrogen-bond acceptors (Lipinski definition) is 10. The fourth-order valence-corrected chi connectivity index (χ4v) is 6.38. The number of carbonyl (C=O) groups is 2. The summed E-state index contributed by atoms with van der Waals surface area (Å²) in [6, 6.07) is 0. The number of aliphatic imine (C=N–C) groups is 1. The van der Waals surface area contributed by atoms with E-state index in [1.165, 1.54) is 122 Å². The number of esters is 2. The second-order valence-electron chi connectivity index (χ2n) is 13.3. The molecule has 0 aromatic rings. The Labute approximate surface area is 298 Å². The molecule has 0 amide bonds. The van der Waals surface area contributed by atoms with E-state index in [2.05, 4.69) is 23.4 Å². The Morgan fingerprint density at radius 2 is 0.980 bits per heavy atom. The van der Waals surface area contributed by atoms with Crippen molar-refractivity contribution in [2.45, 2.75) is 200 Å². The number of phosphoric acid groups is 1. The lowest BCUT2D eigenvalue weighted by Gasteiger charge is -2.25. The third-order valence-corrected chi connectivity index (χ3v) is 9.60. The summed E-state index contributed by atoms with van der Waals surface area (Å²) in [5, 5.41) is 0. The van der Waals surface area contributed by atoms with Crippen LogP contribution in [0.25, 0.3) is 0 Å². The summed E-state index contributed by atoms with van der Waals surface area (Å²) in [5.74, 6) is -0.917. The number of rotatable bonds is 38. The summed E-state index contributed by atoms with van der Waals surface area (Å²) in [4.78, 5) is 50.3. The maximum atomic E-state index is 12.5. The monoisotopic (exact) mass is 716 g/mol. The second kappa shape index (κ2) is 36.2. The highest BCUT2D eigenvalue weighted by molar-refractivity contribution is 7.45. The SMILES string of the molecule is CCCCCCCCCCCCCCCC(=O)OC[C@H](COP(=O)([O-])OCCN=C=O)OC(=O)CCCCCCCCCCCCCCC. The quantitative estimate of drug-likeness (QED) is 0.0201. The van der Waals surface area contributed by atoms with Gasteiger partial charge in [-0.1, -0.05) is 168 Å². The molecule has 0 spiro atoms. The summed E-state index contributed by atoms with van der Waals surface area (Å²) in [6.07, 6.45) is 31.9. The standard InChI is InChI=1S/C38H72NO9P/c1-3-5-7-9-11-13-15-17-19-21-23-25-27-29-37(41)45-33-36(34-47-49(43,44)46-32-31-39-35-40)48-38(42)30-28-26-24-22-20-18-16-14-12-10-8-6-4-2/h36H,3-34H2,1-2H3,(H,43,44)/p-1/t36-/m1/s1. The molecule has 0 heterocycles. The van der Waals surface area contributed by atoms with E-state index in [4.69, 9.17) is 14.0 Å². The van der Waals surface area contributed by atoms with Crippen LogP contribution in [0.1, 0.15) is 194 Å². The smallest absolute Gasteiger partial charge is 0.306 e. The number of carbonyl (C=O) groups excluding carboxylic acids is 3. The average Bonchev–Trinajstić information content (AvgIpc) is 3.08. The van der Waals surface area contributed by atoms with Crippen molar-refractivity contribution in [3.63, 3.8) is 0 Å². The van der Waals surface area contributed by atoms with Crippen molar-refractivity contribution in [1.29, 1.82) is 0 Å². The van der Waals surface area contributed by atoms with Gasteiger partial charge in [-0.25, -0.2) is 9.79 Å². The molecule has 288 valence electrons. The highest BCUT2D eigenvalue weighted by Gasteiger charge is 2.21. The average molecular weight is 717 g/mol. The fourth-order valence-electron chi connectivity index (χ4n) is 5.65. The third kappa shape index (κ3) is 36.0. The van der Waals surface area contributed by atoms with Crippen LogP contribution in [0.4, 0.5) is 0 Å². The molecule has 0 fully saturated rings. The molecule has 0 rings (SSSR count). The summed E-state index contributed by atoms with van der Waals surface area (Å²) in [6.45, 7) is 3.05. The zero-order valence-corrected chi connectivity index (χ0v) is 32.2. The normalized spacial score (nSPS) is 13.0. The number of phosphoric ester groups is 1. The van der Waals surface area contributed by atoms with Gasteiger partial charge < -0.3 is 23.4 Å². The molecule has 0 aromatic heterocycles. The minimum absolute atomic E-state index is 0.187. The van der Waals surface area contributed by atoms with E-state index in [-0.39, 0.29) is 32.6 Å². The zero-order chi connectivity index (χ0) is 36.1. The van der Waals surface area contributed by atoms with E-state index < -0.39 is 32.5 Å². The van der Waals surface area contributed by atoms with Crippen molar-refractivity contribution in [3.8, 4) is 0 Å². The van der Waals surface area contributed by atoms with Crippen LogP contribution < -0.4 is 4.89 Å². The molecule has 0 aliphatic rings. The number of unbranched alkanes of at least 4 members (excludes halogenated alkanes) is 24. The number of nitrogens with zero attached hydrogens (tertiary/aromatic N) is 1. The molecular weight excluding hydrogens is 645 g/mol. The predicted octanol–water partition coefficient (Wildman–Crippen LogP) is 10.2. The topological polar surface area (TPSA) is 141 Å². The molecule has 0 aliphatic heterocycles. The molecule has 0 aliphatic carbocycles. The molecular formula is C38H71NO9P-. The summed E-state index contributed by atoms with van der Waals surface area (Å²) < 4.78 is 32.4. The summed E-state index contributed by atoms with van der Waals surface area (Å²) in [5.41, 5.74) is 0. The molecule has 0 radical (unpaired) electrons. The number of hydrogen-bond donors (Lipinski definition) is 0. The summed E-state index contributed by atoms with van der Waals surface area (Å²) >= 11 is 0. The van der Waals surface area contributed by atoms with Crippen LogP contribution in [0.3, 0.4) is 0 Å². The zero-order valence-electron chi connectivity index (χ0n) is 31.3. The van der Waals surface area contributed by atoms with E-state index in [9.17, 15) is 23.8 Å². The molecule has 1 unspecified atom stereocenters. The lowest BCUT2D eigenvalue weighted by molar-refractivity contribution is -0.228. The Balaban J connectivity index is 4.30. The fraction of sp³-hybridized carbons (Fsp3) is 0.921. The van der Waals surface area contributed by atoms with Gasteiger partial charge in [-0.15, -0.1) is 0 Å². The van der Waals surface area contributed by atoms with E-state index in [0.717, 1.165) is 38.5 Å². The Bertz CT molecular complexity index is 866. The van der Waals surface area contributed by atoms with Crippen LogP contribution in [0, 0.1) is 0 Å². The van der Waals surface area contributed by atoms with Gasteiger partial charge in [0.2, 0.25) is 6.08 Å². The van der Waals surface area contributed by atoms with Gasteiger partial charge in [-0.2, -0.15) is 0 Å². The van der Waals surface area contributed by atoms with Gasteiger partial charge >= 0.3 is 11.9 Å². The molecule has 0 saturated carbocycles. The van der Waals surface area contributed by atoms with Crippen molar-refractivity contribution in [2.24, 2.45) is 4.99 Å². The van der Waals surface area contributed by atoms with Crippen molar-refractivity contribution in [3.05, 3.63) is 0 Å². The molecule has 2 atom stereocenters. The molecule has 0 aromatic carbocycles. The first-order valence-electron chi connectivity index (χ1n) is 19.8. The molecule has 10 nitrogen and oxygen atoms in total. The van der Waals surface area contributed by atoms with Crippen LogP contribution in [-0.2, 0) is 37.5 Å². The summed E-state index contributed by atoms with van der Waals surface area (Å²) in [7, 11) is -4.74. The highest BCUT2D eigenvalue weighted by atomic mass is 31.2. The predicted molar refractivity (Wildman–Crippen MR) is 194 cm³/mol. The van der Waals surface area contributed by atoms with E-state index >= 15 is 0 Å². The maximum absolute atomic E-state index is 12.5. The molecule has 0 N–H and O–H groups in total. The molecule has 0 bridgehead atoms. The first-order valence-corrected chi connectivity index (χ1v) is 21.3. The number of ether oxygens (including phenoxy) is 2. The largest absolute Gasteiger partial charge is 0.756 e. The van der Waals surface area contributed by atoms with Gasteiger partial charge in [0.25, 0.3) is 7.82 Å². The van der Waals surface area contributed by atoms with Gasteiger partial charge in [-0.3, -0.25) is 14.2 Å². The first kappa shape index (κ1) is 47.4. The van der Waals surface area contributed by atoms with Crippen LogP contribution in [0.2, 0.25) is 0 Å². The molecule has 0 saturated heterocycles. The Hall–Kier alpha value is -1.57. The lowest BCUT2D eigenvalue weighted by atomic mass is 10.0. The Morgan fingerprint density at radius 1 is 0.592 bits per heavy atom. The van der Waals surface area contributed by atoms with Gasteiger partial charge in [0.15, 0.2) is 6.10 Å². The minimum Gasteiger partial charge on any atom is -0.756 e. The van der Waals surface area contributed by atoms with Crippen molar-refractivity contribution >= 4 is 25.8 Å². The Morgan fingerprint density at radius 3 is 1.39 bits per heavy atom. The van der Waals surface area contributed by atoms with Crippen LogP contribution in [-0.4, -0.2) is 50.5 Å². The van der Waals surface area contributed by atoms with Gasteiger partial charge in [0, 0.05) is 12.8 Å². The van der Waals surface area contributed by atoms with E-state index in [0.29, 0.717) is 12.8 Å². The van der Waals surface area contributed by atoms with Crippen molar-refractivity contribution < 1.29 is 42.4 Å². The lowest BCUT2D eigenvalue weighted by Crippen LogP contribution is -2.30. The minimum atomic E-state index is -4.74. The van der Waals surface area contributed by atoms with Gasteiger partial charge in [0.1, 0.15) is 6.61 Å². The van der Waals surface area contributed by atoms with Gasteiger partial charge in [0.05, 0.1) is 19.8 Å². The van der Waals surface area contributed by atoms with Crippen LogP contribution in [0.15, 0.2) is 4.99 Å². The highest BCUT2D eigenvalue weighted by Crippen LogP contribution is 2.38.